The van der Waals surface area contributed by atoms with Crippen LogP contribution in [-0.4, -0.2) is 10.4 Å². The Hall–Kier alpha value is -1.83. The minimum atomic E-state index is 0.116. The molecular weight excluding hydrogens is 210 g/mol. The van der Waals surface area contributed by atoms with Crippen molar-refractivity contribution in [2.24, 2.45) is 0 Å². The number of nitrogens with zero attached hydrogens (tertiary/aromatic N) is 1. The lowest BCUT2D eigenvalue weighted by Gasteiger charge is -2.07. The van der Waals surface area contributed by atoms with E-state index in [1.54, 1.807) is 6.92 Å². The normalized spacial score (nSPS) is 10.5. The minimum absolute atomic E-state index is 0.116. The fourth-order valence-electron chi connectivity index (χ4n) is 1.98. The lowest BCUT2D eigenvalue weighted by atomic mass is 10.1. The second-order valence-electron chi connectivity index (χ2n) is 4.57. The number of rotatable bonds is 3. The highest BCUT2D eigenvalue weighted by Crippen LogP contribution is 2.12. The molecule has 0 aliphatic rings. The molecule has 0 atom stereocenters. The highest BCUT2D eigenvalue weighted by molar-refractivity contribution is 5.92. The van der Waals surface area contributed by atoms with Gasteiger partial charge in [0.15, 0.2) is 5.78 Å². The summed E-state index contributed by atoms with van der Waals surface area (Å²) in [4.78, 5) is 11.5. The number of aromatic nitrogens is 1. The van der Waals surface area contributed by atoms with E-state index in [0.29, 0.717) is 0 Å². The molecule has 0 amide bonds. The van der Waals surface area contributed by atoms with Gasteiger partial charge in [-0.05, 0) is 31.0 Å². The van der Waals surface area contributed by atoms with Crippen LogP contribution in [0, 0.1) is 13.8 Å². The van der Waals surface area contributed by atoms with Gasteiger partial charge in [-0.2, -0.15) is 0 Å². The molecule has 2 rings (SSSR count). The predicted octanol–water partition coefficient (Wildman–Crippen LogP) is 3.36. The third kappa shape index (κ3) is 2.64. The summed E-state index contributed by atoms with van der Waals surface area (Å²) in [5, 5.41) is 0. The van der Waals surface area contributed by atoms with Crippen LogP contribution < -0.4 is 0 Å². The zero-order valence-electron chi connectivity index (χ0n) is 10.5. The second-order valence-corrected chi connectivity index (χ2v) is 4.57. The fraction of sp³-hybridized carbons (Fsp3) is 0.267. The van der Waals surface area contributed by atoms with E-state index in [1.807, 2.05) is 23.8 Å². The van der Waals surface area contributed by atoms with Crippen LogP contribution in [0.1, 0.15) is 34.1 Å². The number of carbonyl (C=O) groups is 1. The maximum Gasteiger partial charge on any atom is 0.176 e. The van der Waals surface area contributed by atoms with E-state index in [1.165, 1.54) is 11.1 Å². The van der Waals surface area contributed by atoms with Crippen molar-refractivity contribution in [3.63, 3.8) is 0 Å². The first-order valence-electron chi connectivity index (χ1n) is 5.79. The molecule has 2 nitrogen and oxygen atoms in total. The first kappa shape index (κ1) is 11.6. The van der Waals surface area contributed by atoms with E-state index in [0.717, 1.165) is 17.8 Å². The van der Waals surface area contributed by atoms with Crippen molar-refractivity contribution in [2.75, 3.05) is 0 Å². The zero-order chi connectivity index (χ0) is 12.4. The summed E-state index contributed by atoms with van der Waals surface area (Å²) in [6, 6.07) is 10.3. The van der Waals surface area contributed by atoms with Crippen molar-refractivity contribution in [3.8, 4) is 0 Å². The summed E-state index contributed by atoms with van der Waals surface area (Å²) in [6.45, 7) is 6.45. The molecule has 0 N–H and O–H groups in total. The fourth-order valence-corrected chi connectivity index (χ4v) is 1.98. The molecule has 0 fully saturated rings. The number of hydrogen-bond acceptors (Lipinski definition) is 1. The first-order chi connectivity index (χ1) is 8.06. The molecule has 0 bridgehead atoms. The van der Waals surface area contributed by atoms with Gasteiger partial charge in [-0.15, -0.1) is 0 Å². The van der Waals surface area contributed by atoms with E-state index in [4.69, 9.17) is 0 Å². The number of ketones is 1. The van der Waals surface area contributed by atoms with Gasteiger partial charge >= 0.3 is 0 Å². The average molecular weight is 227 g/mol. The topological polar surface area (TPSA) is 22.0 Å². The quantitative estimate of drug-likeness (QED) is 0.737. The summed E-state index contributed by atoms with van der Waals surface area (Å²) < 4.78 is 2.02. The number of carbonyl (C=O) groups excluding carboxylic acids is 1. The monoisotopic (exact) mass is 227 g/mol. The SMILES string of the molecule is CC(=O)c1cc(C)cn1Cc1ccc(C)cc1. The Morgan fingerprint density at radius 3 is 2.35 bits per heavy atom. The van der Waals surface area contributed by atoms with Crippen LogP contribution in [-0.2, 0) is 6.54 Å². The van der Waals surface area contributed by atoms with Crippen molar-refractivity contribution in [1.82, 2.24) is 4.57 Å². The Balaban J connectivity index is 2.29. The molecule has 0 aliphatic carbocycles. The molecule has 2 aromatic rings. The van der Waals surface area contributed by atoms with E-state index in [2.05, 4.69) is 31.2 Å². The highest BCUT2D eigenvalue weighted by Gasteiger charge is 2.08. The molecule has 0 saturated heterocycles. The molecule has 88 valence electrons. The van der Waals surface area contributed by atoms with Crippen LogP contribution in [0.25, 0.3) is 0 Å². The predicted molar refractivity (Wildman–Crippen MR) is 69.5 cm³/mol. The van der Waals surface area contributed by atoms with Crippen molar-refractivity contribution in [3.05, 3.63) is 58.9 Å². The summed E-state index contributed by atoms with van der Waals surface area (Å²) >= 11 is 0. The summed E-state index contributed by atoms with van der Waals surface area (Å²) in [6.07, 6.45) is 2.02. The van der Waals surface area contributed by atoms with Crippen LogP contribution in [0.4, 0.5) is 0 Å². The van der Waals surface area contributed by atoms with Crippen molar-refractivity contribution in [1.29, 1.82) is 0 Å². The third-order valence-electron chi connectivity index (χ3n) is 2.87. The van der Waals surface area contributed by atoms with Gasteiger partial charge in [0, 0.05) is 19.7 Å². The number of benzene rings is 1. The smallest absolute Gasteiger partial charge is 0.176 e. The largest absolute Gasteiger partial charge is 0.340 e. The van der Waals surface area contributed by atoms with Gasteiger partial charge in [0.05, 0.1) is 5.69 Å². The van der Waals surface area contributed by atoms with Crippen LogP contribution >= 0.6 is 0 Å². The molecule has 0 unspecified atom stereocenters. The standard InChI is InChI=1S/C15H17NO/c1-11-4-6-14(7-5-11)10-16-9-12(2)8-15(16)13(3)17/h4-9H,10H2,1-3H3. The second kappa shape index (κ2) is 4.58. The van der Waals surface area contributed by atoms with Crippen molar-refractivity contribution >= 4 is 5.78 Å². The Morgan fingerprint density at radius 1 is 1.12 bits per heavy atom. The molecule has 0 aliphatic heterocycles. The Kier molecular flexibility index (Phi) is 3.14. The highest BCUT2D eigenvalue weighted by atomic mass is 16.1. The van der Waals surface area contributed by atoms with Gasteiger partial charge in [-0.1, -0.05) is 29.8 Å². The van der Waals surface area contributed by atoms with Gasteiger partial charge in [0.1, 0.15) is 0 Å². The number of aryl methyl sites for hydroxylation is 2. The lowest BCUT2D eigenvalue weighted by molar-refractivity contribution is 0.100. The van der Waals surface area contributed by atoms with Gasteiger partial charge in [0.25, 0.3) is 0 Å². The van der Waals surface area contributed by atoms with E-state index in [-0.39, 0.29) is 5.78 Å². The van der Waals surface area contributed by atoms with Crippen molar-refractivity contribution < 1.29 is 4.79 Å². The molecule has 1 aromatic carbocycles. The van der Waals surface area contributed by atoms with Crippen LogP contribution in [0.2, 0.25) is 0 Å². The average Bonchev–Trinajstić information content (AvgIpc) is 2.63. The Morgan fingerprint density at radius 2 is 1.76 bits per heavy atom. The maximum atomic E-state index is 11.5. The summed E-state index contributed by atoms with van der Waals surface area (Å²) in [5.74, 6) is 0.116. The zero-order valence-corrected chi connectivity index (χ0v) is 10.5. The lowest BCUT2D eigenvalue weighted by Crippen LogP contribution is -2.06. The van der Waals surface area contributed by atoms with Gasteiger partial charge in [-0.25, -0.2) is 0 Å². The molecule has 0 saturated carbocycles. The maximum absolute atomic E-state index is 11.5. The Bertz CT molecular complexity index is 535. The summed E-state index contributed by atoms with van der Waals surface area (Å²) in [5.41, 5.74) is 4.38. The minimum Gasteiger partial charge on any atom is -0.340 e. The van der Waals surface area contributed by atoms with Crippen LogP contribution in [0.5, 0.6) is 0 Å². The molecule has 1 heterocycles. The molecule has 0 radical (unpaired) electrons. The van der Waals surface area contributed by atoms with Crippen LogP contribution in [0.15, 0.2) is 36.5 Å². The van der Waals surface area contributed by atoms with Gasteiger partial charge < -0.3 is 4.57 Å². The molecular formula is C15H17NO. The first-order valence-corrected chi connectivity index (χ1v) is 5.79. The van der Waals surface area contributed by atoms with Crippen molar-refractivity contribution in [2.45, 2.75) is 27.3 Å². The molecule has 17 heavy (non-hydrogen) atoms. The Labute approximate surface area is 102 Å². The van der Waals surface area contributed by atoms with Crippen LogP contribution in [0.3, 0.4) is 0 Å². The number of hydrogen-bond donors (Lipinski definition) is 0. The molecule has 0 spiro atoms. The number of Topliss-reactive ketones (excluding diaryl/α,β-unsaturated/α-hetero) is 1. The van der Waals surface area contributed by atoms with E-state index >= 15 is 0 Å². The third-order valence-corrected chi connectivity index (χ3v) is 2.87. The molecule has 2 heteroatoms. The van der Waals surface area contributed by atoms with Gasteiger partial charge in [-0.3, -0.25) is 4.79 Å². The van der Waals surface area contributed by atoms with E-state index in [9.17, 15) is 4.79 Å². The summed E-state index contributed by atoms with van der Waals surface area (Å²) in [7, 11) is 0. The van der Waals surface area contributed by atoms with Gasteiger partial charge in [0.2, 0.25) is 0 Å². The molecule has 1 aromatic heterocycles. The van der Waals surface area contributed by atoms with E-state index < -0.39 is 0 Å².